The summed E-state index contributed by atoms with van der Waals surface area (Å²) in [5, 5.41) is 0. The van der Waals surface area contributed by atoms with Crippen molar-refractivity contribution in [1.82, 2.24) is 9.80 Å². The van der Waals surface area contributed by atoms with E-state index >= 15 is 0 Å². The second-order valence-electron chi connectivity index (χ2n) is 6.47. The van der Waals surface area contributed by atoms with Crippen molar-refractivity contribution in [3.05, 3.63) is 48.0 Å². The first-order chi connectivity index (χ1) is 12.0. The fourth-order valence-electron chi connectivity index (χ4n) is 3.35. The predicted molar refractivity (Wildman–Crippen MR) is 91.7 cm³/mol. The fourth-order valence-corrected chi connectivity index (χ4v) is 3.35. The number of ether oxygens (including phenoxy) is 1. The third-order valence-corrected chi connectivity index (χ3v) is 4.88. The molecular weight excluding hydrogens is 323 g/mol. The maximum atomic E-state index is 14.7. The van der Waals surface area contributed by atoms with Gasteiger partial charge in [0.05, 0.1) is 6.10 Å². The molecule has 0 radical (unpaired) electrons. The molecule has 2 aliphatic rings. The Balaban J connectivity index is 1.83. The molecule has 0 spiro atoms. The SMILES string of the molecule is CC[C@H]1O[C@@H](N2CC=CCN(C(=O)c3ccccc3)C2=O)[C@@H](F)[C@@H]1C. The highest BCUT2D eigenvalue weighted by atomic mass is 19.1. The van der Waals surface area contributed by atoms with E-state index in [1.165, 1.54) is 4.90 Å². The van der Waals surface area contributed by atoms with Gasteiger partial charge in [0.15, 0.2) is 6.23 Å². The summed E-state index contributed by atoms with van der Waals surface area (Å²) in [7, 11) is 0. The average molecular weight is 346 g/mol. The zero-order chi connectivity index (χ0) is 18.0. The van der Waals surface area contributed by atoms with Gasteiger partial charge in [-0.3, -0.25) is 14.6 Å². The smallest absolute Gasteiger partial charge is 0.329 e. The molecule has 134 valence electrons. The van der Waals surface area contributed by atoms with Crippen LogP contribution in [0.3, 0.4) is 0 Å². The van der Waals surface area contributed by atoms with Crippen LogP contribution in [-0.4, -0.2) is 53.3 Å². The van der Waals surface area contributed by atoms with Gasteiger partial charge in [-0.15, -0.1) is 0 Å². The Morgan fingerprint density at radius 3 is 2.56 bits per heavy atom. The van der Waals surface area contributed by atoms with Gasteiger partial charge in [-0.2, -0.15) is 0 Å². The van der Waals surface area contributed by atoms with Gasteiger partial charge >= 0.3 is 6.03 Å². The molecule has 1 fully saturated rings. The molecule has 0 bridgehead atoms. The van der Waals surface area contributed by atoms with Gasteiger partial charge in [0.2, 0.25) is 0 Å². The highest BCUT2D eigenvalue weighted by Crippen LogP contribution is 2.33. The Hall–Kier alpha value is -2.21. The molecule has 4 atom stereocenters. The molecular formula is C19H23FN2O3. The maximum Gasteiger partial charge on any atom is 0.329 e. The lowest BCUT2D eigenvalue weighted by Gasteiger charge is -2.31. The molecule has 3 amide bonds. The van der Waals surface area contributed by atoms with Gasteiger partial charge in [-0.1, -0.05) is 44.2 Å². The number of carbonyl (C=O) groups is 2. The highest BCUT2D eigenvalue weighted by molar-refractivity contribution is 6.04. The Labute approximate surface area is 147 Å². The van der Waals surface area contributed by atoms with Crippen molar-refractivity contribution in [3.63, 3.8) is 0 Å². The van der Waals surface area contributed by atoms with E-state index in [0.717, 1.165) is 4.90 Å². The Morgan fingerprint density at radius 1 is 1.24 bits per heavy atom. The Kier molecular flexibility index (Phi) is 5.18. The number of alkyl halides is 1. The number of nitrogens with zero attached hydrogens (tertiary/aromatic N) is 2. The summed E-state index contributed by atoms with van der Waals surface area (Å²) in [5.74, 6) is -0.677. The van der Waals surface area contributed by atoms with Crippen molar-refractivity contribution >= 4 is 11.9 Å². The number of halogens is 1. The van der Waals surface area contributed by atoms with E-state index in [0.29, 0.717) is 12.0 Å². The summed E-state index contributed by atoms with van der Waals surface area (Å²) >= 11 is 0. The zero-order valence-electron chi connectivity index (χ0n) is 14.5. The second kappa shape index (κ2) is 7.35. The van der Waals surface area contributed by atoms with Crippen LogP contribution in [-0.2, 0) is 4.74 Å². The molecule has 0 saturated carbocycles. The van der Waals surface area contributed by atoms with E-state index in [9.17, 15) is 14.0 Å². The molecule has 3 rings (SSSR count). The first-order valence-electron chi connectivity index (χ1n) is 8.66. The molecule has 0 aliphatic carbocycles. The molecule has 5 nitrogen and oxygen atoms in total. The minimum atomic E-state index is -1.27. The van der Waals surface area contributed by atoms with Crippen LogP contribution in [0, 0.1) is 5.92 Å². The van der Waals surface area contributed by atoms with E-state index < -0.39 is 24.3 Å². The van der Waals surface area contributed by atoms with Crippen LogP contribution >= 0.6 is 0 Å². The van der Waals surface area contributed by atoms with Gasteiger partial charge in [0.1, 0.15) is 6.17 Å². The van der Waals surface area contributed by atoms with Crippen molar-refractivity contribution < 1.29 is 18.7 Å². The number of carbonyl (C=O) groups excluding carboxylic acids is 2. The topological polar surface area (TPSA) is 49.9 Å². The van der Waals surface area contributed by atoms with Crippen molar-refractivity contribution in [2.24, 2.45) is 5.92 Å². The number of imide groups is 1. The van der Waals surface area contributed by atoms with E-state index in [2.05, 4.69) is 0 Å². The van der Waals surface area contributed by atoms with Crippen molar-refractivity contribution in [2.45, 2.75) is 38.8 Å². The highest BCUT2D eigenvalue weighted by Gasteiger charge is 2.47. The lowest BCUT2D eigenvalue weighted by atomic mass is 9.99. The van der Waals surface area contributed by atoms with E-state index in [1.54, 1.807) is 49.4 Å². The summed E-state index contributed by atoms with van der Waals surface area (Å²) < 4.78 is 20.5. The fraction of sp³-hybridized carbons (Fsp3) is 0.474. The molecule has 6 heteroatoms. The molecule has 0 N–H and O–H groups in total. The largest absolute Gasteiger partial charge is 0.351 e. The average Bonchev–Trinajstić information content (AvgIpc) is 2.80. The summed E-state index contributed by atoms with van der Waals surface area (Å²) in [6, 6.07) is 8.10. The van der Waals surface area contributed by atoms with Crippen molar-refractivity contribution in [1.29, 1.82) is 0 Å². The Morgan fingerprint density at radius 2 is 1.92 bits per heavy atom. The lowest BCUT2D eigenvalue weighted by Crippen LogP contribution is -2.51. The summed E-state index contributed by atoms with van der Waals surface area (Å²) in [5.41, 5.74) is 0.426. The summed E-state index contributed by atoms with van der Waals surface area (Å²) in [6.45, 7) is 4.13. The summed E-state index contributed by atoms with van der Waals surface area (Å²) in [6.07, 6.45) is 1.76. The van der Waals surface area contributed by atoms with E-state index in [-0.39, 0.29) is 25.1 Å². The minimum Gasteiger partial charge on any atom is -0.351 e. The molecule has 2 aliphatic heterocycles. The molecule has 2 heterocycles. The second-order valence-corrected chi connectivity index (χ2v) is 6.47. The minimum absolute atomic E-state index is 0.166. The quantitative estimate of drug-likeness (QED) is 0.790. The van der Waals surface area contributed by atoms with Gasteiger partial charge < -0.3 is 4.74 Å². The zero-order valence-corrected chi connectivity index (χ0v) is 14.5. The molecule has 1 aromatic carbocycles. The van der Waals surface area contributed by atoms with E-state index in [1.807, 2.05) is 6.92 Å². The number of amides is 3. The number of hydrogen-bond acceptors (Lipinski definition) is 3. The summed E-state index contributed by atoms with van der Waals surface area (Å²) in [4.78, 5) is 28.1. The maximum absolute atomic E-state index is 14.7. The van der Waals surface area contributed by atoms with Crippen LogP contribution in [0.15, 0.2) is 42.5 Å². The van der Waals surface area contributed by atoms with Crippen LogP contribution in [0.25, 0.3) is 0 Å². The third-order valence-electron chi connectivity index (χ3n) is 4.88. The first kappa shape index (κ1) is 17.6. The van der Waals surface area contributed by atoms with Crippen LogP contribution in [0.4, 0.5) is 9.18 Å². The molecule has 1 aromatic rings. The third kappa shape index (κ3) is 3.31. The molecule has 0 unspecified atom stereocenters. The first-order valence-corrected chi connectivity index (χ1v) is 8.66. The van der Waals surface area contributed by atoms with Crippen LogP contribution in [0.5, 0.6) is 0 Å². The van der Waals surface area contributed by atoms with Gasteiger partial charge in [-0.25, -0.2) is 9.18 Å². The normalized spacial score (nSPS) is 29.8. The van der Waals surface area contributed by atoms with Crippen LogP contribution in [0.2, 0.25) is 0 Å². The predicted octanol–water partition coefficient (Wildman–Crippen LogP) is 3.23. The van der Waals surface area contributed by atoms with Gasteiger partial charge in [-0.05, 0) is 18.6 Å². The van der Waals surface area contributed by atoms with Crippen molar-refractivity contribution in [3.8, 4) is 0 Å². The number of benzene rings is 1. The molecule has 0 aromatic heterocycles. The Bertz CT molecular complexity index is 664. The number of rotatable bonds is 3. The molecule has 25 heavy (non-hydrogen) atoms. The molecule has 1 saturated heterocycles. The number of urea groups is 1. The number of hydrogen-bond donors (Lipinski definition) is 0. The van der Waals surface area contributed by atoms with Gasteiger partial charge in [0.25, 0.3) is 5.91 Å². The van der Waals surface area contributed by atoms with Crippen molar-refractivity contribution in [2.75, 3.05) is 13.1 Å². The van der Waals surface area contributed by atoms with E-state index in [4.69, 9.17) is 4.74 Å². The van der Waals surface area contributed by atoms with Gasteiger partial charge in [0, 0.05) is 24.6 Å². The standard InChI is InChI=1S/C19H23FN2O3/c1-3-15-13(2)16(20)18(25-15)22-12-8-7-11-21(19(22)24)17(23)14-9-5-4-6-10-14/h4-10,13,15-16,18H,3,11-12H2,1-2H3/t13-,15-,16+,18-/m1/s1. The monoisotopic (exact) mass is 346 g/mol. The lowest BCUT2D eigenvalue weighted by molar-refractivity contribution is -0.0541. The van der Waals surface area contributed by atoms with Crippen LogP contribution in [0.1, 0.15) is 30.6 Å². The van der Waals surface area contributed by atoms with Crippen LogP contribution < -0.4 is 0 Å².